The normalized spacial score (nSPS) is 14.5. The second-order valence-corrected chi connectivity index (χ2v) is 13.2. The topological polar surface area (TPSA) is 0 Å². The van der Waals surface area contributed by atoms with Gasteiger partial charge in [-0.2, -0.15) is 0 Å². The number of hydrogen-bond donors (Lipinski definition) is 0. The third kappa shape index (κ3) is 4.52. The van der Waals surface area contributed by atoms with Crippen molar-refractivity contribution in [2.45, 2.75) is 86.5 Å². The van der Waals surface area contributed by atoms with E-state index in [1.54, 1.807) is 5.57 Å². The average Bonchev–Trinajstić information content (AvgIpc) is 3.10. The molecular weight excluding hydrogens is 408 g/mol. The summed E-state index contributed by atoms with van der Waals surface area (Å²) in [5.41, 5.74) is 14.6. The molecule has 1 aliphatic carbocycles. The summed E-state index contributed by atoms with van der Waals surface area (Å²) >= 11 is 0. The smallest absolute Gasteiger partial charge is 0.00435 e. The molecule has 0 fully saturated rings. The van der Waals surface area contributed by atoms with Crippen LogP contribution in [0.3, 0.4) is 0 Å². The monoisotopic (exact) mass is 450 g/mol. The Kier molecular flexibility index (Phi) is 5.96. The summed E-state index contributed by atoms with van der Waals surface area (Å²) in [5, 5.41) is 0. The zero-order valence-corrected chi connectivity index (χ0v) is 23.0. The highest BCUT2D eigenvalue weighted by atomic mass is 14.3. The Bertz CT molecular complexity index is 1230. The van der Waals surface area contributed by atoms with Gasteiger partial charge in [-0.05, 0) is 79.7 Å². The summed E-state index contributed by atoms with van der Waals surface area (Å²) in [6.45, 7) is 23.1. The fourth-order valence-corrected chi connectivity index (χ4v) is 5.36. The van der Waals surface area contributed by atoms with Crippen LogP contribution in [0, 0.1) is 5.41 Å². The Morgan fingerprint density at radius 2 is 0.912 bits per heavy atom. The maximum absolute atomic E-state index is 2.36. The van der Waals surface area contributed by atoms with Gasteiger partial charge in [0.1, 0.15) is 0 Å². The minimum absolute atomic E-state index is 0.157. The van der Waals surface area contributed by atoms with Crippen LogP contribution in [0.5, 0.6) is 0 Å². The van der Waals surface area contributed by atoms with Crippen molar-refractivity contribution in [3.63, 3.8) is 0 Å². The highest BCUT2D eigenvalue weighted by molar-refractivity contribution is 5.92. The fourth-order valence-electron chi connectivity index (χ4n) is 5.36. The largest absolute Gasteiger partial charge is 0.0579 e. The lowest BCUT2D eigenvalue weighted by atomic mass is 9.83. The maximum atomic E-state index is 2.36. The van der Waals surface area contributed by atoms with E-state index >= 15 is 0 Å². The van der Waals surface area contributed by atoms with Crippen LogP contribution in [-0.4, -0.2) is 0 Å². The molecule has 0 N–H and O–H groups in total. The molecule has 178 valence electrons. The minimum atomic E-state index is 0.157. The van der Waals surface area contributed by atoms with Crippen molar-refractivity contribution in [1.29, 1.82) is 0 Å². The molecule has 4 rings (SSSR count). The van der Waals surface area contributed by atoms with E-state index in [0.717, 1.165) is 6.42 Å². The lowest BCUT2D eigenvalue weighted by molar-refractivity contribution is 0.497. The predicted molar refractivity (Wildman–Crippen MR) is 150 cm³/mol. The summed E-state index contributed by atoms with van der Waals surface area (Å²) in [6.07, 6.45) is 1.04. The SMILES string of the molecule is CC1=C(C(C)(C)C)Cc2c(-c3ccc(C(C)(C)C)cc3)ccc(-c3ccc(C(C)(C)C)cc3)c21. The molecule has 0 saturated carbocycles. The number of benzene rings is 3. The molecule has 3 aromatic rings. The van der Waals surface area contributed by atoms with E-state index in [0.29, 0.717) is 0 Å². The first-order valence-corrected chi connectivity index (χ1v) is 12.8. The molecule has 0 saturated heterocycles. The molecule has 0 heterocycles. The molecule has 0 bridgehead atoms. The van der Waals surface area contributed by atoms with Crippen molar-refractivity contribution in [3.05, 3.63) is 88.5 Å². The Hall–Kier alpha value is -2.60. The van der Waals surface area contributed by atoms with Gasteiger partial charge < -0.3 is 0 Å². The first-order chi connectivity index (χ1) is 15.7. The van der Waals surface area contributed by atoms with Crippen molar-refractivity contribution in [3.8, 4) is 22.3 Å². The zero-order valence-electron chi connectivity index (χ0n) is 23.0. The molecule has 0 amide bonds. The van der Waals surface area contributed by atoms with Crippen molar-refractivity contribution in [2.75, 3.05) is 0 Å². The lowest BCUT2D eigenvalue weighted by Gasteiger charge is -2.22. The van der Waals surface area contributed by atoms with Gasteiger partial charge in [-0.25, -0.2) is 0 Å². The number of rotatable bonds is 2. The summed E-state index contributed by atoms with van der Waals surface area (Å²) < 4.78 is 0. The molecule has 0 nitrogen and oxygen atoms in total. The van der Waals surface area contributed by atoms with E-state index in [-0.39, 0.29) is 16.2 Å². The van der Waals surface area contributed by atoms with Gasteiger partial charge in [-0.15, -0.1) is 0 Å². The van der Waals surface area contributed by atoms with Crippen LogP contribution in [0.1, 0.15) is 91.5 Å². The molecule has 0 aliphatic heterocycles. The molecule has 0 spiro atoms. The van der Waals surface area contributed by atoms with Crippen LogP contribution in [0.2, 0.25) is 0 Å². The van der Waals surface area contributed by atoms with Crippen molar-refractivity contribution < 1.29 is 0 Å². The molecule has 0 radical (unpaired) electrons. The lowest BCUT2D eigenvalue weighted by Crippen LogP contribution is -2.10. The Morgan fingerprint density at radius 1 is 0.500 bits per heavy atom. The van der Waals surface area contributed by atoms with Crippen LogP contribution in [0.25, 0.3) is 27.8 Å². The first-order valence-electron chi connectivity index (χ1n) is 12.8. The van der Waals surface area contributed by atoms with Crippen molar-refractivity contribution >= 4 is 5.57 Å². The maximum Gasteiger partial charge on any atom is -0.00435 e. The fraction of sp³-hybridized carbons (Fsp3) is 0.412. The van der Waals surface area contributed by atoms with Gasteiger partial charge in [0.05, 0.1) is 0 Å². The molecular formula is C34H42. The van der Waals surface area contributed by atoms with E-state index in [1.165, 1.54) is 50.1 Å². The van der Waals surface area contributed by atoms with E-state index in [2.05, 4.69) is 130 Å². The van der Waals surface area contributed by atoms with Gasteiger partial charge in [0.15, 0.2) is 0 Å². The second-order valence-electron chi connectivity index (χ2n) is 13.2. The van der Waals surface area contributed by atoms with E-state index in [4.69, 9.17) is 0 Å². The zero-order chi connectivity index (χ0) is 25.1. The van der Waals surface area contributed by atoms with E-state index < -0.39 is 0 Å². The quantitative estimate of drug-likeness (QED) is 0.364. The summed E-state index contributed by atoms with van der Waals surface area (Å²) in [6, 6.07) is 23.2. The third-order valence-corrected chi connectivity index (χ3v) is 7.52. The number of fused-ring (bicyclic) bond motifs is 1. The highest BCUT2D eigenvalue weighted by Crippen LogP contribution is 2.48. The second kappa shape index (κ2) is 8.26. The van der Waals surface area contributed by atoms with E-state index in [1.807, 2.05) is 0 Å². The van der Waals surface area contributed by atoms with Crippen LogP contribution in [0.4, 0.5) is 0 Å². The molecule has 3 aromatic carbocycles. The highest BCUT2D eigenvalue weighted by Gasteiger charge is 2.31. The van der Waals surface area contributed by atoms with Crippen LogP contribution in [0.15, 0.2) is 66.2 Å². The van der Waals surface area contributed by atoms with Crippen LogP contribution in [-0.2, 0) is 17.3 Å². The molecule has 0 aromatic heterocycles. The van der Waals surface area contributed by atoms with Gasteiger partial charge in [-0.3, -0.25) is 0 Å². The summed E-state index contributed by atoms with van der Waals surface area (Å²) in [7, 11) is 0. The van der Waals surface area contributed by atoms with Crippen LogP contribution >= 0.6 is 0 Å². The van der Waals surface area contributed by atoms with Crippen LogP contribution < -0.4 is 0 Å². The van der Waals surface area contributed by atoms with Crippen molar-refractivity contribution in [2.24, 2.45) is 5.41 Å². The predicted octanol–water partition coefficient (Wildman–Crippen LogP) is 9.99. The Balaban J connectivity index is 1.88. The minimum Gasteiger partial charge on any atom is -0.0579 e. The standard InChI is InChI=1S/C34H42/c1-22-30(34(8,9)10)21-29-27(23-11-15-25(16-12-23)32(2,3)4)19-20-28(31(22)29)24-13-17-26(18-14-24)33(5,6)7/h11-20H,21H2,1-10H3. The Morgan fingerprint density at radius 3 is 1.32 bits per heavy atom. The number of hydrogen-bond acceptors (Lipinski definition) is 0. The van der Waals surface area contributed by atoms with Gasteiger partial charge in [-0.1, -0.05) is 129 Å². The molecule has 1 aliphatic rings. The van der Waals surface area contributed by atoms with Gasteiger partial charge in [0, 0.05) is 0 Å². The average molecular weight is 451 g/mol. The van der Waals surface area contributed by atoms with E-state index in [9.17, 15) is 0 Å². The molecule has 0 unspecified atom stereocenters. The van der Waals surface area contributed by atoms with Gasteiger partial charge >= 0.3 is 0 Å². The third-order valence-electron chi connectivity index (χ3n) is 7.52. The molecule has 0 heteroatoms. The number of allylic oxidation sites excluding steroid dienone is 2. The first kappa shape index (κ1) is 24.5. The molecule has 34 heavy (non-hydrogen) atoms. The van der Waals surface area contributed by atoms with Gasteiger partial charge in [0.25, 0.3) is 0 Å². The van der Waals surface area contributed by atoms with Gasteiger partial charge in [0.2, 0.25) is 0 Å². The van der Waals surface area contributed by atoms with Crippen molar-refractivity contribution in [1.82, 2.24) is 0 Å². The summed E-state index contributed by atoms with van der Waals surface area (Å²) in [5.74, 6) is 0. The Labute approximate surface area is 208 Å². The molecule has 0 atom stereocenters. The summed E-state index contributed by atoms with van der Waals surface area (Å²) in [4.78, 5) is 0.